The van der Waals surface area contributed by atoms with Crippen molar-refractivity contribution in [3.8, 4) is 5.75 Å². The van der Waals surface area contributed by atoms with Crippen molar-refractivity contribution in [3.05, 3.63) is 29.6 Å². The molecule has 112 valence electrons. The Kier molecular flexibility index (Phi) is 5.38. The number of benzene rings is 1. The standard InChI is InChI=1S/C16H25FN2O/c1-4-18-12(2)14-6-5-7-15(17)16(14)20-11-10-19(3)13-8-9-13/h5-7,12-13,18H,4,8-11H2,1-3H3. The van der Waals surface area contributed by atoms with E-state index in [1.807, 2.05) is 19.9 Å². The molecule has 0 aromatic heterocycles. The van der Waals surface area contributed by atoms with E-state index in [1.165, 1.54) is 18.9 Å². The smallest absolute Gasteiger partial charge is 0.165 e. The Morgan fingerprint density at radius 1 is 1.45 bits per heavy atom. The molecule has 4 heteroatoms. The van der Waals surface area contributed by atoms with Gasteiger partial charge in [0.25, 0.3) is 0 Å². The molecule has 1 saturated carbocycles. The van der Waals surface area contributed by atoms with Crippen LogP contribution in [0.3, 0.4) is 0 Å². The average molecular weight is 280 g/mol. The van der Waals surface area contributed by atoms with Gasteiger partial charge in [0.05, 0.1) is 0 Å². The lowest BCUT2D eigenvalue weighted by Gasteiger charge is -2.20. The van der Waals surface area contributed by atoms with Gasteiger partial charge in [-0.1, -0.05) is 19.1 Å². The maximum Gasteiger partial charge on any atom is 0.165 e. The number of nitrogens with zero attached hydrogens (tertiary/aromatic N) is 1. The van der Waals surface area contributed by atoms with E-state index in [-0.39, 0.29) is 11.9 Å². The molecule has 1 aliphatic rings. The van der Waals surface area contributed by atoms with E-state index >= 15 is 0 Å². The van der Waals surface area contributed by atoms with Crippen molar-refractivity contribution in [1.82, 2.24) is 10.2 Å². The molecule has 0 amide bonds. The van der Waals surface area contributed by atoms with Gasteiger partial charge in [-0.3, -0.25) is 0 Å². The fourth-order valence-electron chi connectivity index (χ4n) is 2.42. The number of hydrogen-bond acceptors (Lipinski definition) is 3. The van der Waals surface area contributed by atoms with Crippen LogP contribution in [0.4, 0.5) is 4.39 Å². The zero-order valence-corrected chi connectivity index (χ0v) is 12.7. The topological polar surface area (TPSA) is 24.5 Å². The van der Waals surface area contributed by atoms with E-state index < -0.39 is 0 Å². The summed E-state index contributed by atoms with van der Waals surface area (Å²) in [7, 11) is 2.10. The summed E-state index contributed by atoms with van der Waals surface area (Å²) in [6.45, 7) is 6.29. The monoisotopic (exact) mass is 280 g/mol. The van der Waals surface area contributed by atoms with Gasteiger partial charge >= 0.3 is 0 Å². The molecule has 1 aliphatic carbocycles. The molecule has 1 aromatic rings. The summed E-state index contributed by atoms with van der Waals surface area (Å²) in [6, 6.07) is 5.92. The van der Waals surface area contributed by atoms with E-state index in [9.17, 15) is 4.39 Å². The van der Waals surface area contributed by atoms with Crippen LogP contribution < -0.4 is 10.1 Å². The van der Waals surface area contributed by atoms with Crippen LogP contribution in [0.2, 0.25) is 0 Å². The molecule has 20 heavy (non-hydrogen) atoms. The summed E-state index contributed by atoms with van der Waals surface area (Å²) < 4.78 is 19.7. The van der Waals surface area contributed by atoms with Crippen LogP contribution in [0.5, 0.6) is 5.75 Å². The van der Waals surface area contributed by atoms with Crippen molar-refractivity contribution in [2.24, 2.45) is 0 Å². The number of hydrogen-bond donors (Lipinski definition) is 1. The normalized spacial score (nSPS) is 16.4. The third kappa shape index (κ3) is 3.93. The summed E-state index contributed by atoms with van der Waals surface area (Å²) >= 11 is 0. The Hall–Kier alpha value is -1.13. The number of rotatable bonds is 8. The van der Waals surface area contributed by atoms with Gasteiger partial charge in [0.1, 0.15) is 6.61 Å². The molecule has 0 heterocycles. The highest BCUT2D eigenvalue weighted by Gasteiger charge is 2.25. The van der Waals surface area contributed by atoms with Gasteiger partial charge in [0.15, 0.2) is 11.6 Å². The number of likely N-dealkylation sites (N-methyl/N-ethyl adjacent to an activating group) is 1. The van der Waals surface area contributed by atoms with Crippen LogP contribution in [0, 0.1) is 5.82 Å². The highest BCUT2D eigenvalue weighted by molar-refractivity contribution is 5.37. The Balaban J connectivity index is 1.97. The van der Waals surface area contributed by atoms with Crippen LogP contribution in [0.1, 0.15) is 38.3 Å². The quantitative estimate of drug-likeness (QED) is 0.792. The fourth-order valence-corrected chi connectivity index (χ4v) is 2.42. The van der Waals surface area contributed by atoms with E-state index in [4.69, 9.17) is 4.74 Å². The molecule has 0 aliphatic heterocycles. The zero-order chi connectivity index (χ0) is 14.5. The maximum atomic E-state index is 14.0. The molecule has 0 radical (unpaired) electrons. The Bertz CT molecular complexity index is 434. The first-order valence-corrected chi connectivity index (χ1v) is 7.48. The van der Waals surface area contributed by atoms with Gasteiger partial charge in [-0.15, -0.1) is 0 Å². The summed E-state index contributed by atoms with van der Waals surface area (Å²) in [5, 5.41) is 3.30. The molecule has 1 fully saturated rings. The van der Waals surface area contributed by atoms with Crippen molar-refractivity contribution in [2.45, 2.75) is 38.8 Å². The minimum atomic E-state index is -0.277. The van der Waals surface area contributed by atoms with Crippen molar-refractivity contribution in [2.75, 3.05) is 26.7 Å². The van der Waals surface area contributed by atoms with Gasteiger partial charge in [-0.25, -0.2) is 4.39 Å². The van der Waals surface area contributed by atoms with Crippen LogP contribution in [-0.4, -0.2) is 37.7 Å². The molecule has 0 bridgehead atoms. The number of nitrogens with one attached hydrogen (secondary N) is 1. The Morgan fingerprint density at radius 3 is 2.85 bits per heavy atom. The molecule has 1 unspecified atom stereocenters. The summed E-state index contributed by atoms with van der Waals surface area (Å²) in [6.07, 6.45) is 2.55. The maximum absolute atomic E-state index is 14.0. The highest BCUT2D eigenvalue weighted by atomic mass is 19.1. The summed E-state index contributed by atoms with van der Waals surface area (Å²) in [5.41, 5.74) is 0.890. The number of ether oxygens (including phenoxy) is 1. The minimum absolute atomic E-state index is 0.0897. The van der Waals surface area contributed by atoms with Gasteiger partial charge in [-0.2, -0.15) is 0 Å². The van der Waals surface area contributed by atoms with E-state index in [0.717, 1.165) is 18.7 Å². The predicted octanol–water partition coefficient (Wildman–Crippen LogP) is 2.97. The van der Waals surface area contributed by atoms with Gasteiger partial charge in [0, 0.05) is 24.2 Å². The van der Waals surface area contributed by atoms with Crippen molar-refractivity contribution < 1.29 is 9.13 Å². The molecule has 1 N–H and O–H groups in total. The zero-order valence-electron chi connectivity index (χ0n) is 12.7. The number of halogens is 1. The first-order valence-electron chi connectivity index (χ1n) is 7.48. The highest BCUT2D eigenvalue weighted by Crippen LogP contribution is 2.29. The van der Waals surface area contributed by atoms with Crippen LogP contribution >= 0.6 is 0 Å². The SMILES string of the molecule is CCNC(C)c1cccc(F)c1OCCN(C)C1CC1. The lowest BCUT2D eigenvalue weighted by Crippen LogP contribution is -2.27. The molecule has 2 rings (SSSR count). The van der Waals surface area contributed by atoms with E-state index in [1.54, 1.807) is 6.07 Å². The van der Waals surface area contributed by atoms with Crippen LogP contribution in [0.15, 0.2) is 18.2 Å². The molecule has 0 saturated heterocycles. The van der Waals surface area contributed by atoms with Gasteiger partial charge in [0.2, 0.25) is 0 Å². The number of para-hydroxylation sites is 1. The summed E-state index contributed by atoms with van der Waals surface area (Å²) in [5.74, 6) is 0.117. The largest absolute Gasteiger partial charge is 0.489 e. The molecule has 1 atom stereocenters. The van der Waals surface area contributed by atoms with Gasteiger partial charge < -0.3 is 15.0 Å². The van der Waals surface area contributed by atoms with Crippen LogP contribution in [0.25, 0.3) is 0 Å². The molecular formula is C16H25FN2O. The van der Waals surface area contributed by atoms with Crippen LogP contribution in [-0.2, 0) is 0 Å². The molecule has 3 nitrogen and oxygen atoms in total. The Labute approximate surface area is 121 Å². The molecule has 0 spiro atoms. The average Bonchev–Trinajstić information content (AvgIpc) is 3.25. The lowest BCUT2D eigenvalue weighted by molar-refractivity contribution is 0.223. The van der Waals surface area contributed by atoms with Gasteiger partial charge in [-0.05, 0) is 39.4 Å². The second-order valence-electron chi connectivity index (χ2n) is 5.50. The first kappa shape index (κ1) is 15.3. The lowest BCUT2D eigenvalue weighted by atomic mass is 10.1. The predicted molar refractivity (Wildman–Crippen MR) is 79.6 cm³/mol. The fraction of sp³-hybridized carbons (Fsp3) is 0.625. The summed E-state index contributed by atoms with van der Waals surface area (Å²) in [4.78, 5) is 2.29. The van der Waals surface area contributed by atoms with Crippen molar-refractivity contribution in [1.29, 1.82) is 0 Å². The van der Waals surface area contributed by atoms with Crippen molar-refractivity contribution in [3.63, 3.8) is 0 Å². The van der Waals surface area contributed by atoms with E-state index in [2.05, 4.69) is 17.3 Å². The first-order chi connectivity index (χ1) is 9.63. The second-order valence-corrected chi connectivity index (χ2v) is 5.50. The molecule has 1 aromatic carbocycles. The molecular weight excluding hydrogens is 255 g/mol. The third-order valence-electron chi connectivity index (χ3n) is 3.83. The van der Waals surface area contributed by atoms with Crippen molar-refractivity contribution >= 4 is 0 Å². The third-order valence-corrected chi connectivity index (χ3v) is 3.83. The van der Waals surface area contributed by atoms with E-state index in [0.29, 0.717) is 18.4 Å². The Morgan fingerprint density at radius 2 is 2.20 bits per heavy atom. The second kappa shape index (κ2) is 7.04. The minimum Gasteiger partial charge on any atom is -0.489 e.